The van der Waals surface area contributed by atoms with Crippen LogP contribution < -0.4 is 0 Å². The Labute approximate surface area is 112 Å². The molecule has 0 atom stereocenters. The molecule has 0 bridgehead atoms. The molecule has 4 nitrogen and oxygen atoms in total. The maximum Gasteiger partial charge on any atom is 0.354 e. The molecule has 4 heteroatoms. The molecule has 0 aliphatic heterocycles. The minimum Gasteiger partial charge on any atom is -0.477 e. The van der Waals surface area contributed by atoms with Gasteiger partial charge in [-0.05, 0) is 25.0 Å². The summed E-state index contributed by atoms with van der Waals surface area (Å²) in [5, 5.41) is 13.4. The second-order valence-corrected chi connectivity index (χ2v) is 4.48. The van der Waals surface area contributed by atoms with Crippen molar-refractivity contribution >= 4 is 5.97 Å². The molecule has 100 valence electrons. The summed E-state index contributed by atoms with van der Waals surface area (Å²) < 4.78 is 1.51. The van der Waals surface area contributed by atoms with Gasteiger partial charge in [0.2, 0.25) is 0 Å². The molecule has 19 heavy (non-hydrogen) atoms. The van der Waals surface area contributed by atoms with Crippen LogP contribution in [0.15, 0.2) is 30.3 Å². The molecule has 0 aliphatic carbocycles. The smallest absolute Gasteiger partial charge is 0.354 e. The van der Waals surface area contributed by atoms with E-state index in [4.69, 9.17) is 5.11 Å². The first kappa shape index (κ1) is 13.3. The summed E-state index contributed by atoms with van der Waals surface area (Å²) in [5.74, 6) is -0.941. The Morgan fingerprint density at radius 2 is 1.95 bits per heavy atom. The van der Waals surface area contributed by atoms with Crippen LogP contribution in [0.1, 0.15) is 36.3 Å². The van der Waals surface area contributed by atoms with Crippen molar-refractivity contribution < 1.29 is 9.90 Å². The van der Waals surface area contributed by atoms with E-state index in [1.54, 1.807) is 6.07 Å². The van der Waals surface area contributed by atoms with Gasteiger partial charge in [0.1, 0.15) is 5.69 Å². The van der Waals surface area contributed by atoms with Crippen molar-refractivity contribution in [2.24, 2.45) is 0 Å². The monoisotopic (exact) mass is 258 g/mol. The Morgan fingerprint density at radius 3 is 2.42 bits per heavy atom. The summed E-state index contributed by atoms with van der Waals surface area (Å²) in [6.45, 7) is 4.58. The Bertz CT molecular complexity index is 570. The van der Waals surface area contributed by atoms with Gasteiger partial charge in [-0.1, -0.05) is 37.6 Å². The topological polar surface area (TPSA) is 55.1 Å². The van der Waals surface area contributed by atoms with Gasteiger partial charge >= 0.3 is 5.97 Å². The SMILES string of the molecule is CCCc1ccc(-c2cc(C(=O)O)n(CC)n2)cc1. The van der Waals surface area contributed by atoms with Crippen molar-refractivity contribution in [3.8, 4) is 11.3 Å². The summed E-state index contributed by atoms with van der Waals surface area (Å²) in [6.07, 6.45) is 2.18. The largest absolute Gasteiger partial charge is 0.477 e. The number of aromatic carboxylic acids is 1. The van der Waals surface area contributed by atoms with E-state index in [-0.39, 0.29) is 5.69 Å². The van der Waals surface area contributed by atoms with Crippen LogP contribution in [0.5, 0.6) is 0 Å². The predicted molar refractivity (Wildman–Crippen MR) is 74.3 cm³/mol. The summed E-state index contributed by atoms with van der Waals surface area (Å²) >= 11 is 0. The highest BCUT2D eigenvalue weighted by Crippen LogP contribution is 2.20. The number of carboxylic acid groups (broad SMARTS) is 1. The van der Waals surface area contributed by atoms with E-state index >= 15 is 0 Å². The zero-order chi connectivity index (χ0) is 13.8. The van der Waals surface area contributed by atoms with Crippen LogP contribution in [0.3, 0.4) is 0 Å². The zero-order valence-corrected chi connectivity index (χ0v) is 11.3. The number of carboxylic acids is 1. The summed E-state index contributed by atoms with van der Waals surface area (Å²) in [6, 6.07) is 9.77. The van der Waals surface area contributed by atoms with Crippen molar-refractivity contribution in [2.75, 3.05) is 0 Å². The van der Waals surface area contributed by atoms with Crippen LogP contribution in [0.25, 0.3) is 11.3 Å². The van der Waals surface area contributed by atoms with Crippen LogP contribution in [0, 0.1) is 0 Å². The molecule has 0 spiro atoms. The fourth-order valence-electron chi connectivity index (χ4n) is 2.10. The second kappa shape index (κ2) is 5.69. The van der Waals surface area contributed by atoms with Gasteiger partial charge in [-0.15, -0.1) is 0 Å². The van der Waals surface area contributed by atoms with Gasteiger partial charge in [-0.25, -0.2) is 4.79 Å². The summed E-state index contributed by atoms with van der Waals surface area (Å²) in [7, 11) is 0. The van der Waals surface area contributed by atoms with E-state index in [1.165, 1.54) is 10.2 Å². The minimum atomic E-state index is -0.941. The predicted octanol–water partition coefficient (Wildman–Crippen LogP) is 3.22. The van der Waals surface area contributed by atoms with Gasteiger partial charge in [-0.2, -0.15) is 5.10 Å². The molecular weight excluding hydrogens is 240 g/mol. The molecule has 1 heterocycles. The maximum atomic E-state index is 11.1. The Kier molecular flexibility index (Phi) is 4.00. The third-order valence-electron chi connectivity index (χ3n) is 3.09. The number of nitrogens with zero attached hydrogens (tertiary/aromatic N) is 2. The first-order valence-corrected chi connectivity index (χ1v) is 6.56. The summed E-state index contributed by atoms with van der Waals surface area (Å²) in [4.78, 5) is 11.1. The van der Waals surface area contributed by atoms with Crippen LogP contribution >= 0.6 is 0 Å². The van der Waals surface area contributed by atoms with Gasteiger partial charge in [0.25, 0.3) is 0 Å². The molecule has 0 saturated carbocycles. The Hall–Kier alpha value is -2.10. The molecule has 0 saturated heterocycles. The van der Waals surface area contributed by atoms with Gasteiger partial charge in [0.15, 0.2) is 0 Å². The van der Waals surface area contributed by atoms with Gasteiger partial charge in [0.05, 0.1) is 5.69 Å². The highest BCUT2D eigenvalue weighted by atomic mass is 16.4. The zero-order valence-electron chi connectivity index (χ0n) is 11.3. The van der Waals surface area contributed by atoms with E-state index in [9.17, 15) is 4.79 Å². The normalized spacial score (nSPS) is 10.6. The third-order valence-corrected chi connectivity index (χ3v) is 3.09. The lowest BCUT2D eigenvalue weighted by molar-refractivity contribution is 0.0683. The Morgan fingerprint density at radius 1 is 1.26 bits per heavy atom. The molecule has 0 fully saturated rings. The van der Waals surface area contributed by atoms with Crippen LogP contribution in [-0.2, 0) is 13.0 Å². The standard InChI is InChI=1S/C15H18N2O2/c1-3-5-11-6-8-12(9-7-11)13-10-14(15(18)19)17(4-2)16-13/h6-10H,3-5H2,1-2H3,(H,18,19). The van der Waals surface area contributed by atoms with E-state index in [0.717, 1.165) is 18.4 Å². The molecule has 1 aromatic heterocycles. The highest BCUT2D eigenvalue weighted by Gasteiger charge is 2.13. The van der Waals surface area contributed by atoms with E-state index in [0.29, 0.717) is 12.2 Å². The van der Waals surface area contributed by atoms with Gasteiger partial charge in [-0.3, -0.25) is 4.68 Å². The van der Waals surface area contributed by atoms with E-state index in [2.05, 4.69) is 24.2 Å². The molecule has 1 aromatic carbocycles. The molecule has 0 aliphatic rings. The van der Waals surface area contributed by atoms with Crippen molar-refractivity contribution in [2.45, 2.75) is 33.2 Å². The molecule has 0 unspecified atom stereocenters. The third kappa shape index (κ3) is 2.84. The van der Waals surface area contributed by atoms with Crippen LogP contribution in [0.2, 0.25) is 0 Å². The van der Waals surface area contributed by atoms with Crippen LogP contribution in [-0.4, -0.2) is 20.9 Å². The molecule has 2 aromatic rings. The quantitative estimate of drug-likeness (QED) is 0.895. The number of aromatic nitrogens is 2. The van der Waals surface area contributed by atoms with E-state index in [1.807, 2.05) is 19.1 Å². The fourth-order valence-corrected chi connectivity index (χ4v) is 2.10. The van der Waals surface area contributed by atoms with Crippen molar-refractivity contribution in [1.82, 2.24) is 9.78 Å². The first-order chi connectivity index (χ1) is 9.15. The minimum absolute atomic E-state index is 0.232. The molecule has 0 amide bonds. The maximum absolute atomic E-state index is 11.1. The average Bonchev–Trinajstić information content (AvgIpc) is 2.84. The molecule has 0 radical (unpaired) electrons. The number of carbonyl (C=O) groups is 1. The molecular formula is C15H18N2O2. The number of hydrogen-bond donors (Lipinski definition) is 1. The lowest BCUT2D eigenvalue weighted by Gasteiger charge is -2.00. The van der Waals surface area contributed by atoms with Gasteiger partial charge < -0.3 is 5.11 Å². The fraction of sp³-hybridized carbons (Fsp3) is 0.333. The number of benzene rings is 1. The molecule has 2 rings (SSSR count). The molecule has 1 N–H and O–H groups in total. The number of hydrogen-bond acceptors (Lipinski definition) is 2. The van der Waals surface area contributed by atoms with Gasteiger partial charge in [0, 0.05) is 12.1 Å². The lowest BCUT2D eigenvalue weighted by Crippen LogP contribution is -2.07. The van der Waals surface area contributed by atoms with Crippen molar-refractivity contribution in [1.29, 1.82) is 0 Å². The first-order valence-electron chi connectivity index (χ1n) is 6.56. The van der Waals surface area contributed by atoms with Crippen molar-refractivity contribution in [3.05, 3.63) is 41.6 Å². The van der Waals surface area contributed by atoms with Crippen molar-refractivity contribution in [3.63, 3.8) is 0 Å². The lowest BCUT2D eigenvalue weighted by atomic mass is 10.1. The average molecular weight is 258 g/mol. The van der Waals surface area contributed by atoms with E-state index < -0.39 is 5.97 Å². The second-order valence-electron chi connectivity index (χ2n) is 4.48. The van der Waals surface area contributed by atoms with Crippen LogP contribution in [0.4, 0.5) is 0 Å². The number of aryl methyl sites for hydroxylation is 2. The number of rotatable bonds is 5. The Balaban J connectivity index is 2.33. The summed E-state index contributed by atoms with van der Waals surface area (Å²) in [5.41, 5.74) is 3.19. The highest BCUT2D eigenvalue weighted by molar-refractivity contribution is 5.87.